The first-order valence-corrected chi connectivity index (χ1v) is 8.11. The van der Waals surface area contributed by atoms with Gasteiger partial charge in [-0.15, -0.1) is 0 Å². The average molecular weight is 356 g/mol. The molecule has 0 unspecified atom stereocenters. The van der Waals surface area contributed by atoms with Gasteiger partial charge < -0.3 is 11.1 Å². The average Bonchev–Trinajstić information content (AvgIpc) is 2.35. The molecule has 106 valence electrons. The normalized spacial score (nSPS) is 11.3. The molecule has 0 radical (unpaired) electrons. The van der Waals surface area contributed by atoms with Gasteiger partial charge in [-0.3, -0.25) is 0 Å². The van der Waals surface area contributed by atoms with Crippen molar-refractivity contribution in [3.05, 3.63) is 52.5 Å². The Kier molecular flexibility index (Phi) is 4.32. The van der Waals surface area contributed by atoms with Crippen LogP contribution in [-0.2, 0) is 16.6 Å². The van der Waals surface area contributed by atoms with Crippen LogP contribution in [0.25, 0.3) is 0 Å². The molecule has 5 N–H and O–H groups in total. The molecule has 5 nitrogen and oxygen atoms in total. The SMILES string of the molecule is Nc1cc(NCc2cccc(Br)c2)ccc1S(N)(=O)=O. The van der Waals surface area contributed by atoms with Crippen LogP contribution in [-0.4, -0.2) is 8.42 Å². The van der Waals surface area contributed by atoms with E-state index >= 15 is 0 Å². The summed E-state index contributed by atoms with van der Waals surface area (Å²) in [6.07, 6.45) is 0. The molecule has 20 heavy (non-hydrogen) atoms. The van der Waals surface area contributed by atoms with Crippen LogP contribution in [0.15, 0.2) is 51.8 Å². The van der Waals surface area contributed by atoms with Crippen LogP contribution >= 0.6 is 15.9 Å². The van der Waals surface area contributed by atoms with Gasteiger partial charge in [0.05, 0.1) is 5.69 Å². The van der Waals surface area contributed by atoms with E-state index in [-0.39, 0.29) is 10.6 Å². The van der Waals surface area contributed by atoms with Gasteiger partial charge in [0.15, 0.2) is 0 Å². The molecule has 2 aromatic carbocycles. The smallest absolute Gasteiger partial charge is 0.240 e. The van der Waals surface area contributed by atoms with Gasteiger partial charge in [-0.2, -0.15) is 0 Å². The van der Waals surface area contributed by atoms with Gasteiger partial charge in [0.2, 0.25) is 10.0 Å². The molecule has 0 heterocycles. The number of halogens is 1. The van der Waals surface area contributed by atoms with E-state index in [0.29, 0.717) is 6.54 Å². The minimum Gasteiger partial charge on any atom is -0.398 e. The number of sulfonamides is 1. The van der Waals surface area contributed by atoms with Crippen molar-refractivity contribution in [2.75, 3.05) is 11.1 Å². The summed E-state index contributed by atoms with van der Waals surface area (Å²) in [5.41, 5.74) is 7.65. The third-order valence-electron chi connectivity index (χ3n) is 2.70. The van der Waals surface area contributed by atoms with E-state index < -0.39 is 10.0 Å². The molecular formula is C13H14BrN3O2S. The molecule has 0 saturated carbocycles. The zero-order chi connectivity index (χ0) is 14.8. The highest BCUT2D eigenvalue weighted by Crippen LogP contribution is 2.22. The lowest BCUT2D eigenvalue weighted by atomic mass is 10.2. The molecule has 2 aromatic rings. The molecule has 2 rings (SSSR count). The van der Waals surface area contributed by atoms with Gasteiger partial charge in [0, 0.05) is 16.7 Å². The summed E-state index contributed by atoms with van der Waals surface area (Å²) in [6, 6.07) is 12.5. The Morgan fingerprint density at radius 3 is 2.50 bits per heavy atom. The predicted octanol–water partition coefficient (Wildman–Crippen LogP) is 2.29. The van der Waals surface area contributed by atoms with Crippen molar-refractivity contribution < 1.29 is 8.42 Å². The Balaban J connectivity index is 2.14. The fourth-order valence-corrected chi connectivity index (χ4v) is 2.86. The van der Waals surface area contributed by atoms with Gasteiger partial charge in [0.25, 0.3) is 0 Å². The van der Waals surface area contributed by atoms with Gasteiger partial charge >= 0.3 is 0 Å². The van der Waals surface area contributed by atoms with Crippen molar-refractivity contribution in [3.63, 3.8) is 0 Å². The van der Waals surface area contributed by atoms with Gasteiger partial charge in [-0.05, 0) is 35.9 Å². The molecule has 0 spiro atoms. The van der Waals surface area contributed by atoms with Crippen LogP contribution in [0.2, 0.25) is 0 Å². The summed E-state index contributed by atoms with van der Waals surface area (Å²) in [5.74, 6) is 0. The number of nitrogens with two attached hydrogens (primary N) is 2. The van der Waals surface area contributed by atoms with Gasteiger partial charge in [-0.25, -0.2) is 13.6 Å². The number of nitrogen functional groups attached to an aromatic ring is 1. The lowest BCUT2D eigenvalue weighted by Gasteiger charge is -2.09. The number of rotatable bonds is 4. The van der Waals surface area contributed by atoms with E-state index in [4.69, 9.17) is 10.9 Å². The van der Waals surface area contributed by atoms with Crippen LogP contribution in [0, 0.1) is 0 Å². The van der Waals surface area contributed by atoms with Gasteiger partial charge in [-0.1, -0.05) is 28.1 Å². The maximum absolute atomic E-state index is 11.3. The zero-order valence-corrected chi connectivity index (χ0v) is 12.9. The quantitative estimate of drug-likeness (QED) is 0.732. The highest BCUT2D eigenvalue weighted by molar-refractivity contribution is 9.10. The van der Waals surface area contributed by atoms with Crippen molar-refractivity contribution in [1.82, 2.24) is 0 Å². The van der Waals surface area contributed by atoms with Crippen molar-refractivity contribution in [2.24, 2.45) is 5.14 Å². The standard InChI is InChI=1S/C13H14BrN3O2S/c14-10-3-1-2-9(6-10)8-17-11-4-5-13(12(15)7-11)20(16,18)19/h1-7,17H,8,15H2,(H2,16,18,19). The molecule has 0 aliphatic heterocycles. The second-order valence-corrected chi connectivity index (χ2v) is 6.73. The van der Waals surface area contributed by atoms with Crippen molar-refractivity contribution in [2.45, 2.75) is 11.4 Å². The molecule has 0 saturated heterocycles. The number of hydrogen-bond donors (Lipinski definition) is 3. The second-order valence-electron chi connectivity index (χ2n) is 4.28. The predicted molar refractivity (Wildman–Crippen MR) is 83.7 cm³/mol. The molecule has 0 atom stereocenters. The molecule has 0 aliphatic carbocycles. The lowest BCUT2D eigenvalue weighted by molar-refractivity contribution is 0.598. The van der Waals surface area contributed by atoms with Crippen LogP contribution in [0.3, 0.4) is 0 Å². The Bertz CT molecular complexity index is 732. The summed E-state index contributed by atoms with van der Waals surface area (Å²) >= 11 is 3.40. The highest BCUT2D eigenvalue weighted by atomic mass is 79.9. The van der Waals surface area contributed by atoms with Crippen LogP contribution in [0.5, 0.6) is 0 Å². The Morgan fingerprint density at radius 2 is 1.90 bits per heavy atom. The highest BCUT2D eigenvalue weighted by Gasteiger charge is 2.12. The van der Waals surface area contributed by atoms with E-state index in [1.54, 1.807) is 12.1 Å². The van der Waals surface area contributed by atoms with E-state index in [0.717, 1.165) is 15.7 Å². The van der Waals surface area contributed by atoms with E-state index in [9.17, 15) is 8.42 Å². The van der Waals surface area contributed by atoms with Crippen molar-refractivity contribution in [3.8, 4) is 0 Å². The third kappa shape index (κ3) is 3.72. The molecule has 0 aromatic heterocycles. The molecule has 0 amide bonds. The van der Waals surface area contributed by atoms with E-state index in [1.807, 2.05) is 24.3 Å². The largest absolute Gasteiger partial charge is 0.398 e. The maximum atomic E-state index is 11.3. The molecular weight excluding hydrogens is 342 g/mol. The van der Waals surface area contributed by atoms with Crippen LogP contribution in [0.1, 0.15) is 5.56 Å². The fraction of sp³-hybridized carbons (Fsp3) is 0.0769. The first-order valence-electron chi connectivity index (χ1n) is 5.77. The summed E-state index contributed by atoms with van der Waals surface area (Å²) in [6.45, 7) is 0.605. The Morgan fingerprint density at radius 1 is 1.15 bits per heavy atom. The third-order valence-corrected chi connectivity index (χ3v) is 4.18. The fourth-order valence-electron chi connectivity index (χ4n) is 1.77. The maximum Gasteiger partial charge on any atom is 0.240 e. The minimum absolute atomic E-state index is 0.0643. The summed E-state index contributed by atoms with van der Waals surface area (Å²) in [4.78, 5) is -0.0643. The van der Waals surface area contributed by atoms with Crippen LogP contribution < -0.4 is 16.2 Å². The van der Waals surface area contributed by atoms with Crippen molar-refractivity contribution in [1.29, 1.82) is 0 Å². The number of primary sulfonamides is 1. The van der Waals surface area contributed by atoms with Crippen molar-refractivity contribution >= 4 is 37.3 Å². The molecule has 0 bridgehead atoms. The second kappa shape index (κ2) is 5.82. The molecule has 0 aliphatic rings. The number of nitrogens with one attached hydrogen (secondary N) is 1. The zero-order valence-electron chi connectivity index (χ0n) is 10.5. The summed E-state index contributed by atoms with van der Waals surface area (Å²) in [7, 11) is -3.78. The first-order chi connectivity index (χ1) is 9.36. The first kappa shape index (κ1) is 14.8. The minimum atomic E-state index is -3.78. The van der Waals surface area contributed by atoms with Crippen LogP contribution in [0.4, 0.5) is 11.4 Å². The molecule has 0 fully saturated rings. The van der Waals surface area contributed by atoms with E-state index in [1.165, 1.54) is 6.07 Å². The van der Waals surface area contributed by atoms with Gasteiger partial charge in [0.1, 0.15) is 4.90 Å². The summed E-state index contributed by atoms with van der Waals surface area (Å²) < 4.78 is 23.5. The Hall–Kier alpha value is -1.57. The molecule has 7 heteroatoms. The number of hydrogen-bond acceptors (Lipinski definition) is 4. The van der Waals surface area contributed by atoms with E-state index in [2.05, 4.69) is 21.2 Å². The lowest BCUT2D eigenvalue weighted by Crippen LogP contribution is -2.14. The Labute approximate surface area is 126 Å². The number of benzene rings is 2. The number of anilines is 2. The summed E-state index contributed by atoms with van der Waals surface area (Å²) in [5, 5.41) is 8.23. The monoisotopic (exact) mass is 355 g/mol. The topological polar surface area (TPSA) is 98.2 Å².